The molecule has 0 radical (unpaired) electrons. The van der Waals surface area contributed by atoms with Gasteiger partial charge in [0.25, 0.3) is 0 Å². The summed E-state index contributed by atoms with van der Waals surface area (Å²) in [7, 11) is 0. The number of carboxylic acid groups (broad SMARTS) is 1. The van der Waals surface area contributed by atoms with Crippen LogP contribution >= 0.6 is 11.8 Å². The summed E-state index contributed by atoms with van der Waals surface area (Å²) in [5.74, 6) is 0.386. The van der Waals surface area contributed by atoms with E-state index in [0.717, 1.165) is 25.3 Å². The summed E-state index contributed by atoms with van der Waals surface area (Å²) >= 11 is 1.94. The average molecular weight is 272 g/mol. The summed E-state index contributed by atoms with van der Waals surface area (Å²) in [6, 6.07) is 0.0930. The van der Waals surface area contributed by atoms with Crippen molar-refractivity contribution in [3.63, 3.8) is 0 Å². The summed E-state index contributed by atoms with van der Waals surface area (Å²) < 4.78 is 0. The maximum Gasteiger partial charge on any atom is 0.320 e. The summed E-state index contributed by atoms with van der Waals surface area (Å²) in [5.41, 5.74) is 0. The van der Waals surface area contributed by atoms with Crippen LogP contribution in [-0.4, -0.2) is 64.1 Å². The van der Waals surface area contributed by atoms with Gasteiger partial charge in [0, 0.05) is 43.1 Å². The number of hydrogen-bond acceptors (Lipinski definition) is 3. The van der Waals surface area contributed by atoms with Crippen molar-refractivity contribution >= 4 is 23.8 Å². The first-order chi connectivity index (χ1) is 8.60. The number of hydrogen-bond donors (Lipinski definition) is 1. The number of likely N-dealkylation sites (tertiary alicyclic amines) is 1. The van der Waals surface area contributed by atoms with E-state index in [1.807, 2.05) is 16.7 Å². The molecule has 18 heavy (non-hydrogen) atoms. The third-order valence-corrected chi connectivity index (χ3v) is 4.93. The van der Waals surface area contributed by atoms with E-state index in [0.29, 0.717) is 18.3 Å². The summed E-state index contributed by atoms with van der Waals surface area (Å²) in [6.07, 6.45) is 1.27. The van der Waals surface area contributed by atoms with Gasteiger partial charge in [0.15, 0.2) is 0 Å². The van der Waals surface area contributed by atoms with Crippen LogP contribution in [0.4, 0.5) is 4.79 Å². The molecule has 102 valence electrons. The molecule has 2 saturated heterocycles. The number of thioether (sulfide) groups is 1. The minimum atomic E-state index is -0.771. The number of nitrogens with zero attached hydrogens (tertiary/aromatic N) is 2. The predicted octanol–water partition coefficient (Wildman–Crippen LogP) is 1.34. The molecule has 0 saturated carbocycles. The highest BCUT2D eigenvalue weighted by atomic mass is 32.2. The van der Waals surface area contributed by atoms with Crippen LogP contribution in [0.25, 0.3) is 0 Å². The van der Waals surface area contributed by atoms with Crippen LogP contribution in [0, 0.1) is 5.92 Å². The minimum absolute atomic E-state index is 0.0930. The molecule has 2 fully saturated rings. The Morgan fingerprint density at radius 3 is 2.61 bits per heavy atom. The zero-order valence-corrected chi connectivity index (χ0v) is 11.5. The molecule has 1 unspecified atom stereocenters. The molecular formula is C12H20N2O3S. The molecule has 6 heteroatoms. The molecule has 2 aliphatic heterocycles. The van der Waals surface area contributed by atoms with Gasteiger partial charge in [-0.3, -0.25) is 4.79 Å². The number of amides is 2. The van der Waals surface area contributed by atoms with E-state index in [1.54, 1.807) is 4.90 Å². The van der Waals surface area contributed by atoms with Crippen molar-refractivity contribution in [2.24, 2.45) is 5.92 Å². The Kier molecular flexibility index (Phi) is 4.37. The lowest BCUT2D eigenvalue weighted by Gasteiger charge is -2.43. The second-order valence-corrected chi connectivity index (χ2v) is 6.41. The van der Waals surface area contributed by atoms with Crippen molar-refractivity contribution in [1.82, 2.24) is 9.80 Å². The first-order valence-corrected chi connectivity index (χ1v) is 7.52. The highest BCUT2D eigenvalue weighted by Gasteiger charge is 2.35. The molecule has 0 aromatic rings. The predicted molar refractivity (Wildman–Crippen MR) is 70.8 cm³/mol. The zero-order chi connectivity index (χ0) is 13.1. The smallest absolute Gasteiger partial charge is 0.320 e. The van der Waals surface area contributed by atoms with Gasteiger partial charge in [-0.1, -0.05) is 6.92 Å². The van der Waals surface area contributed by atoms with Gasteiger partial charge in [0.1, 0.15) is 0 Å². The lowest BCUT2D eigenvalue weighted by molar-refractivity contribution is -0.139. The number of carbonyl (C=O) groups excluding carboxylic acids is 1. The number of urea groups is 1. The van der Waals surface area contributed by atoms with Gasteiger partial charge in [-0.15, -0.1) is 0 Å². The molecule has 2 aliphatic rings. The lowest BCUT2D eigenvalue weighted by atomic mass is 9.97. The Balaban J connectivity index is 1.77. The molecule has 0 aliphatic carbocycles. The van der Waals surface area contributed by atoms with Crippen molar-refractivity contribution in [3.05, 3.63) is 0 Å². The maximum absolute atomic E-state index is 12.2. The topological polar surface area (TPSA) is 60.9 Å². The van der Waals surface area contributed by atoms with E-state index in [1.165, 1.54) is 0 Å². The molecule has 2 amide bonds. The molecule has 0 aromatic carbocycles. The maximum atomic E-state index is 12.2. The van der Waals surface area contributed by atoms with E-state index in [2.05, 4.69) is 6.92 Å². The molecule has 1 atom stereocenters. The van der Waals surface area contributed by atoms with Gasteiger partial charge in [-0.2, -0.15) is 11.8 Å². The second kappa shape index (κ2) is 5.82. The average Bonchev–Trinajstić information content (AvgIpc) is 2.32. The first kappa shape index (κ1) is 13.5. The number of rotatable bonds is 3. The van der Waals surface area contributed by atoms with Crippen LogP contribution < -0.4 is 0 Å². The zero-order valence-electron chi connectivity index (χ0n) is 10.7. The van der Waals surface area contributed by atoms with Crippen LogP contribution in [0.3, 0.4) is 0 Å². The SMILES string of the molecule is CCC1CN(C(=O)N2CC(CC(=O)O)C2)CCS1. The van der Waals surface area contributed by atoms with E-state index in [9.17, 15) is 9.59 Å². The largest absolute Gasteiger partial charge is 0.481 e. The van der Waals surface area contributed by atoms with Gasteiger partial charge in [-0.25, -0.2) is 4.79 Å². The fourth-order valence-corrected chi connectivity index (χ4v) is 3.62. The molecule has 0 spiro atoms. The number of aliphatic carboxylic acids is 1. The van der Waals surface area contributed by atoms with E-state index >= 15 is 0 Å². The van der Waals surface area contributed by atoms with Gasteiger partial charge in [0.05, 0.1) is 6.42 Å². The fraction of sp³-hybridized carbons (Fsp3) is 0.833. The number of carboxylic acids is 1. The molecule has 2 heterocycles. The van der Waals surface area contributed by atoms with Gasteiger partial charge in [0.2, 0.25) is 0 Å². The molecule has 0 aromatic heterocycles. The summed E-state index contributed by atoms with van der Waals surface area (Å²) in [6.45, 7) is 5.01. The van der Waals surface area contributed by atoms with Crippen LogP contribution in [0.5, 0.6) is 0 Å². The Hall–Kier alpha value is -0.910. The first-order valence-electron chi connectivity index (χ1n) is 6.47. The van der Waals surface area contributed by atoms with Crippen molar-refractivity contribution in [1.29, 1.82) is 0 Å². The van der Waals surface area contributed by atoms with Crippen molar-refractivity contribution in [3.8, 4) is 0 Å². The lowest BCUT2D eigenvalue weighted by Crippen LogP contribution is -2.57. The molecule has 1 N–H and O–H groups in total. The van der Waals surface area contributed by atoms with Crippen molar-refractivity contribution < 1.29 is 14.7 Å². The Morgan fingerprint density at radius 1 is 1.28 bits per heavy atom. The minimum Gasteiger partial charge on any atom is -0.481 e. The number of carbonyl (C=O) groups is 2. The van der Waals surface area contributed by atoms with Crippen LogP contribution in [0.1, 0.15) is 19.8 Å². The fourth-order valence-electron chi connectivity index (χ4n) is 2.44. The third-order valence-electron chi connectivity index (χ3n) is 3.56. The molecule has 5 nitrogen and oxygen atoms in total. The van der Waals surface area contributed by atoms with Crippen molar-refractivity contribution in [2.75, 3.05) is 31.9 Å². The van der Waals surface area contributed by atoms with E-state index < -0.39 is 5.97 Å². The second-order valence-electron chi connectivity index (χ2n) is 5.00. The van der Waals surface area contributed by atoms with E-state index in [-0.39, 0.29) is 18.4 Å². The van der Waals surface area contributed by atoms with Gasteiger partial charge in [-0.05, 0) is 6.42 Å². The molecular weight excluding hydrogens is 252 g/mol. The van der Waals surface area contributed by atoms with E-state index in [4.69, 9.17) is 5.11 Å². The van der Waals surface area contributed by atoms with Crippen LogP contribution in [-0.2, 0) is 4.79 Å². The quantitative estimate of drug-likeness (QED) is 0.842. The summed E-state index contributed by atoms with van der Waals surface area (Å²) in [4.78, 5) is 26.4. The Morgan fingerprint density at radius 2 is 2.00 bits per heavy atom. The van der Waals surface area contributed by atoms with Crippen LogP contribution in [0.15, 0.2) is 0 Å². The summed E-state index contributed by atoms with van der Waals surface area (Å²) in [5, 5.41) is 9.23. The van der Waals surface area contributed by atoms with Gasteiger partial charge >= 0.3 is 12.0 Å². The van der Waals surface area contributed by atoms with Gasteiger partial charge < -0.3 is 14.9 Å². The molecule has 2 rings (SSSR count). The Labute approximate surface area is 112 Å². The van der Waals surface area contributed by atoms with Crippen molar-refractivity contribution in [2.45, 2.75) is 25.0 Å². The normalized spacial score (nSPS) is 24.8. The third kappa shape index (κ3) is 3.10. The standard InChI is InChI=1S/C12H20N2O3S/c1-2-10-8-13(3-4-18-10)12(17)14-6-9(7-14)5-11(15)16/h9-10H,2-8H2,1H3,(H,15,16). The highest BCUT2D eigenvalue weighted by Crippen LogP contribution is 2.25. The van der Waals surface area contributed by atoms with Crippen LogP contribution in [0.2, 0.25) is 0 Å². The Bertz CT molecular complexity index is 331. The molecule has 0 bridgehead atoms. The highest BCUT2D eigenvalue weighted by molar-refractivity contribution is 8.00. The monoisotopic (exact) mass is 272 g/mol.